The molecule has 4 aromatic rings. The molecule has 13 heteroatoms. The number of fused-ring (bicyclic) bond motifs is 5. The highest BCUT2D eigenvalue weighted by Gasteiger charge is 2.48. The van der Waals surface area contributed by atoms with Gasteiger partial charge in [-0.15, -0.1) is 0 Å². The van der Waals surface area contributed by atoms with Gasteiger partial charge >= 0.3 is 0 Å². The van der Waals surface area contributed by atoms with Crippen molar-refractivity contribution in [3.05, 3.63) is 98.7 Å². The molecule has 0 saturated carbocycles. The van der Waals surface area contributed by atoms with E-state index in [2.05, 4.69) is 71.3 Å². The van der Waals surface area contributed by atoms with Gasteiger partial charge in [0, 0.05) is 73.2 Å². The predicted octanol–water partition coefficient (Wildman–Crippen LogP) is 6.05. The molecule has 1 aromatic heterocycles. The fourth-order valence-electron chi connectivity index (χ4n) is 11.1. The van der Waals surface area contributed by atoms with E-state index < -0.39 is 47.0 Å². The number of ketones is 2. The maximum absolute atomic E-state index is 15.1. The fraction of sp³-hybridized carbons (Fsp3) is 0.460. The van der Waals surface area contributed by atoms with E-state index in [1.165, 1.54) is 0 Å². The van der Waals surface area contributed by atoms with Gasteiger partial charge in [-0.3, -0.25) is 43.9 Å². The standard InChI is InChI=1S/C50H55N7O6/c1-5-7-8-10-32(31-11-9-12-34-40(31)49(63)57(48(34)62)37-17-18-39(58)53-47(37)61)44(59)38-27-52-21-24-56(38)30-19-22-55(23-20-30)43-29(26-51)14-15-33-41-45(60)35-25-28(6-2)13-16-36(35)50(3,4)46(41)54-42(33)43/h9,11-16,25,30,32,37-38,52,54H,5-8,10,17-24,27H2,1-4H3,(H,53,58,61). The highest BCUT2D eigenvalue weighted by molar-refractivity contribution is 6.24. The van der Waals surface area contributed by atoms with Gasteiger partial charge in [0.15, 0.2) is 11.6 Å². The summed E-state index contributed by atoms with van der Waals surface area (Å²) < 4.78 is 0. The summed E-state index contributed by atoms with van der Waals surface area (Å²) in [5, 5.41) is 17.0. The molecule has 3 N–H and O–H groups in total. The molecule has 0 spiro atoms. The average Bonchev–Trinajstić information content (AvgIpc) is 3.82. The third-order valence-corrected chi connectivity index (χ3v) is 14.5. The number of piperidine rings is 2. The van der Waals surface area contributed by atoms with Crippen LogP contribution >= 0.6 is 0 Å². The minimum atomic E-state index is -1.10. The predicted molar refractivity (Wildman–Crippen MR) is 238 cm³/mol. The number of rotatable bonds is 11. The number of carbonyl (C=O) groups is 6. The minimum Gasteiger partial charge on any atom is -0.369 e. The molecule has 63 heavy (non-hydrogen) atoms. The van der Waals surface area contributed by atoms with Crippen LogP contribution in [0.5, 0.6) is 0 Å². The van der Waals surface area contributed by atoms with Crippen molar-refractivity contribution in [1.82, 2.24) is 25.4 Å². The Morgan fingerprint density at radius 3 is 2.44 bits per heavy atom. The lowest BCUT2D eigenvalue weighted by Crippen LogP contribution is -2.60. The summed E-state index contributed by atoms with van der Waals surface area (Å²) in [7, 11) is 0. The molecule has 0 bridgehead atoms. The highest BCUT2D eigenvalue weighted by Crippen LogP contribution is 2.46. The van der Waals surface area contributed by atoms with Crippen molar-refractivity contribution in [3.8, 4) is 6.07 Å². The summed E-state index contributed by atoms with van der Waals surface area (Å²) in [6.07, 6.45) is 5.52. The monoisotopic (exact) mass is 849 g/mol. The van der Waals surface area contributed by atoms with Crippen LogP contribution in [0.3, 0.4) is 0 Å². The molecule has 1 aliphatic carbocycles. The van der Waals surface area contributed by atoms with Gasteiger partial charge in [-0.2, -0.15) is 5.26 Å². The quantitative estimate of drug-likeness (QED) is 0.119. The molecule has 4 aliphatic heterocycles. The largest absolute Gasteiger partial charge is 0.369 e. The number of carbonyl (C=O) groups excluding carboxylic acids is 6. The second-order valence-corrected chi connectivity index (χ2v) is 18.4. The van der Waals surface area contributed by atoms with Crippen molar-refractivity contribution < 1.29 is 28.8 Å². The first kappa shape index (κ1) is 42.3. The number of H-pyrrole nitrogens is 1. The van der Waals surface area contributed by atoms with Crippen molar-refractivity contribution in [2.75, 3.05) is 37.6 Å². The number of hydrogen-bond acceptors (Lipinski definition) is 10. The van der Waals surface area contributed by atoms with E-state index in [-0.39, 0.29) is 41.6 Å². The van der Waals surface area contributed by atoms with Gasteiger partial charge in [-0.05, 0) is 67.0 Å². The summed E-state index contributed by atoms with van der Waals surface area (Å²) >= 11 is 0. The molecule has 3 unspecified atom stereocenters. The van der Waals surface area contributed by atoms with Gasteiger partial charge in [-0.1, -0.05) is 77.3 Å². The van der Waals surface area contributed by atoms with Gasteiger partial charge in [0.2, 0.25) is 11.8 Å². The zero-order chi connectivity index (χ0) is 44.3. The Morgan fingerprint density at radius 2 is 1.71 bits per heavy atom. The summed E-state index contributed by atoms with van der Waals surface area (Å²) in [6.45, 7) is 11.6. The number of aryl methyl sites for hydroxylation is 1. The molecule has 3 saturated heterocycles. The molecule has 326 valence electrons. The van der Waals surface area contributed by atoms with Crippen LogP contribution in [-0.4, -0.2) is 101 Å². The number of unbranched alkanes of at least 4 members (excludes halogenated alkanes) is 2. The number of imide groups is 2. The number of amides is 4. The number of benzene rings is 3. The second kappa shape index (κ2) is 16.6. The topological polar surface area (TPSA) is 176 Å². The second-order valence-electron chi connectivity index (χ2n) is 18.4. The Balaban J connectivity index is 0.989. The average molecular weight is 850 g/mol. The van der Waals surface area contributed by atoms with Crippen molar-refractivity contribution in [2.45, 2.75) is 115 Å². The lowest BCUT2D eigenvalue weighted by molar-refractivity contribution is -0.136. The van der Waals surface area contributed by atoms with Gasteiger partial charge in [0.1, 0.15) is 12.1 Å². The summed E-state index contributed by atoms with van der Waals surface area (Å²) in [5.41, 5.74) is 6.93. The number of hydrogen-bond donors (Lipinski definition) is 3. The summed E-state index contributed by atoms with van der Waals surface area (Å²) in [5.74, 6) is -2.94. The maximum Gasteiger partial charge on any atom is 0.262 e. The van der Waals surface area contributed by atoms with Gasteiger partial charge in [-0.25, -0.2) is 0 Å². The number of nitrogens with zero attached hydrogens (tertiary/aromatic N) is 4. The molecule has 0 radical (unpaired) electrons. The van der Waals surface area contributed by atoms with Gasteiger partial charge < -0.3 is 15.2 Å². The number of aromatic amines is 1. The first-order valence-electron chi connectivity index (χ1n) is 22.8. The van der Waals surface area contributed by atoms with Crippen LogP contribution in [-0.2, 0) is 26.2 Å². The Labute approximate surface area is 367 Å². The van der Waals surface area contributed by atoms with E-state index in [9.17, 15) is 29.2 Å². The van der Waals surface area contributed by atoms with E-state index in [4.69, 9.17) is 0 Å². The molecule has 9 rings (SSSR count). The van der Waals surface area contributed by atoms with E-state index in [1.54, 1.807) is 18.2 Å². The van der Waals surface area contributed by atoms with E-state index >= 15 is 4.79 Å². The molecule has 3 atom stereocenters. The molecule has 4 amide bonds. The van der Waals surface area contributed by atoms with Crippen molar-refractivity contribution in [2.24, 2.45) is 0 Å². The number of anilines is 1. The summed E-state index contributed by atoms with van der Waals surface area (Å²) in [4.78, 5) is 91.5. The molecule has 5 aliphatic rings. The smallest absolute Gasteiger partial charge is 0.262 e. The van der Waals surface area contributed by atoms with Crippen LogP contribution < -0.4 is 15.5 Å². The lowest BCUT2D eigenvalue weighted by Gasteiger charge is -2.45. The van der Waals surface area contributed by atoms with E-state index in [1.807, 2.05) is 18.2 Å². The Kier molecular flexibility index (Phi) is 11.2. The number of nitrogens with one attached hydrogen (secondary N) is 3. The first-order valence-corrected chi connectivity index (χ1v) is 22.8. The molecule has 3 aromatic carbocycles. The minimum absolute atomic E-state index is 0.000666. The normalized spacial score (nSPS) is 21.9. The van der Waals surface area contributed by atoms with Gasteiger partial charge in [0.05, 0.1) is 39.5 Å². The van der Waals surface area contributed by atoms with Crippen LogP contribution in [0.15, 0.2) is 48.5 Å². The van der Waals surface area contributed by atoms with Gasteiger partial charge in [0.25, 0.3) is 11.8 Å². The van der Waals surface area contributed by atoms with Crippen LogP contribution in [0.1, 0.15) is 150 Å². The Hall–Kier alpha value is -5.97. The first-order chi connectivity index (χ1) is 30.4. The zero-order valence-electron chi connectivity index (χ0n) is 36.6. The number of aromatic nitrogens is 1. The Morgan fingerprint density at radius 1 is 0.921 bits per heavy atom. The third-order valence-electron chi connectivity index (χ3n) is 14.5. The molecule has 13 nitrogen and oxygen atoms in total. The van der Waals surface area contributed by atoms with Crippen molar-refractivity contribution in [3.63, 3.8) is 0 Å². The fourth-order valence-corrected chi connectivity index (χ4v) is 11.1. The number of nitriles is 1. The number of piperazine rings is 1. The van der Waals surface area contributed by atoms with Crippen LogP contribution in [0.4, 0.5) is 5.69 Å². The zero-order valence-corrected chi connectivity index (χ0v) is 36.6. The van der Waals surface area contributed by atoms with Crippen LogP contribution in [0, 0.1) is 11.3 Å². The number of Topliss-reactive ketones (excluding diaryl/α,β-unsaturated/α-hetero) is 1. The van der Waals surface area contributed by atoms with E-state index in [0.717, 1.165) is 88.9 Å². The SMILES string of the molecule is CCCCCC(C(=O)C1CNCCN1C1CCN(c2c(C#N)ccc3c4c([nH]c23)C(C)(C)c2ccc(CC)cc2C4=O)CC1)c1cccc2c1C(=O)N(C1CCC(=O)NC1=O)C2=O. The lowest BCUT2D eigenvalue weighted by atomic mass is 9.71. The van der Waals surface area contributed by atoms with E-state index in [0.29, 0.717) is 49.3 Å². The molecular formula is C50H55N7O6. The van der Waals surface area contributed by atoms with Crippen LogP contribution in [0.25, 0.3) is 10.9 Å². The molecule has 5 heterocycles. The van der Waals surface area contributed by atoms with Crippen LogP contribution in [0.2, 0.25) is 0 Å². The van der Waals surface area contributed by atoms with Crippen molar-refractivity contribution in [1.29, 1.82) is 5.26 Å². The highest BCUT2D eigenvalue weighted by atomic mass is 16.2. The summed E-state index contributed by atoms with van der Waals surface area (Å²) in [6, 6.07) is 16.0. The molecular weight excluding hydrogens is 795 g/mol. The Bertz CT molecular complexity index is 2630. The van der Waals surface area contributed by atoms with Crippen molar-refractivity contribution >= 4 is 51.8 Å². The third kappa shape index (κ3) is 6.98. The molecule has 3 fully saturated rings. The maximum atomic E-state index is 15.1.